The van der Waals surface area contributed by atoms with Crippen molar-refractivity contribution >= 4 is 48.5 Å². The number of thiophene rings is 1. The van der Waals surface area contributed by atoms with Gasteiger partial charge in [-0.25, -0.2) is 0 Å². The number of rotatable bonds is 7. The summed E-state index contributed by atoms with van der Waals surface area (Å²) in [6, 6.07) is 32.2. The maximum absolute atomic E-state index is 4.50. The van der Waals surface area contributed by atoms with E-state index in [1.165, 1.54) is 59.4 Å². The zero-order valence-electron chi connectivity index (χ0n) is 23.5. The maximum atomic E-state index is 4.50. The summed E-state index contributed by atoms with van der Waals surface area (Å²) < 4.78 is 2.63. The number of nitrogens with one attached hydrogen (secondary N) is 1. The van der Waals surface area contributed by atoms with Crippen LogP contribution in [0.25, 0.3) is 36.9 Å². The Labute approximate surface area is 255 Å². The highest BCUT2D eigenvalue weighted by molar-refractivity contribution is 7.26. The minimum absolute atomic E-state index is 0.837. The van der Waals surface area contributed by atoms with E-state index in [9.17, 15) is 0 Å². The van der Waals surface area contributed by atoms with Gasteiger partial charge in [0, 0.05) is 49.7 Å². The van der Waals surface area contributed by atoms with Crippen molar-refractivity contribution < 1.29 is 0 Å². The molecule has 3 heteroatoms. The van der Waals surface area contributed by atoms with Gasteiger partial charge in [-0.2, -0.15) is 0 Å². The number of allylic oxidation sites excluding steroid dienone is 9. The van der Waals surface area contributed by atoms with Crippen LogP contribution in [0.3, 0.4) is 0 Å². The Morgan fingerprint density at radius 2 is 1.74 bits per heavy atom. The van der Waals surface area contributed by atoms with Crippen LogP contribution in [0.4, 0.5) is 11.4 Å². The molecule has 4 aromatic carbocycles. The van der Waals surface area contributed by atoms with Gasteiger partial charge >= 0.3 is 0 Å². The van der Waals surface area contributed by atoms with Gasteiger partial charge in [-0.1, -0.05) is 97.3 Å². The molecule has 1 aliphatic heterocycles. The summed E-state index contributed by atoms with van der Waals surface area (Å²) in [6.07, 6.45) is 17.6. The topological polar surface area (TPSA) is 15.3 Å². The van der Waals surface area contributed by atoms with Crippen molar-refractivity contribution in [1.29, 1.82) is 0 Å². The average molecular weight is 569 g/mol. The molecular formula is C40H28N2S. The molecular weight excluding hydrogens is 541 g/mol. The largest absolute Gasteiger partial charge is 0.362 e. The Balaban J connectivity index is 1.09. The van der Waals surface area contributed by atoms with Crippen LogP contribution in [0.15, 0.2) is 175 Å². The molecule has 3 aliphatic rings. The van der Waals surface area contributed by atoms with E-state index in [1.807, 2.05) is 35.8 Å². The number of nitrogens with zero attached hydrogens (tertiary/aromatic N) is 1. The molecule has 0 amide bonds. The van der Waals surface area contributed by atoms with Crippen LogP contribution in [-0.4, -0.2) is 0 Å². The summed E-state index contributed by atoms with van der Waals surface area (Å²) in [5.74, 6) is 0. The Kier molecular flexibility index (Phi) is 6.19. The minimum atomic E-state index is 0.837. The molecule has 8 rings (SSSR count). The summed E-state index contributed by atoms with van der Waals surface area (Å²) in [7, 11) is 0. The highest BCUT2D eigenvalue weighted by atomic mass is 32.1. The summed E-state index contributed by atoms with van der Waals surface area (Å²) in [5, 5.41) is 6.04. The molecule has 0 fully saturated rings. The average Bonchev–Trinajstić information content (AvgIpc) is 3.80. The molecule has 2 aliphatic carbocycles. The van der Waals surface area contributed by atoms with Crippen molar-refractivity contribution in [2.75, 3.05) is 10.2 Å². The Morgan fingerprint density at radius 3 is 2.63 bits per heavy atom. The van der Waals surface area contributed by atoms with Crippen LogP contribution >= 0.6 is 11.3 Å². The molecule has 2 heterocycles. The number of anilines is 2. The Morgan fingerprint density at radius 1 is 0.884 bits per heavy atom. The van der Waals surface area contributed by atoms with Gasteiger partial charge in [0.2, 0.25) is 0 Å². The molecule has 5 aromatic rings. The first-order valence-corrected chi connectivity index (χ1v) is 15.3. The lowest BCUT2D eigenvalue weighted by atomic mass is 9.93. The number of fused-ring (bicyclic) bond motifs is 7. The van der Waals surface area contributed by atoms with Crippen LogP contribution in [0.5, 0.6) is 0 Å². The summed E-state index contributed by atoms with van der Waals surface area (Å²) in [6.45, 7) is 4.50. The fourth-order valence-electron chi connectivity index (χ4n) is 6.27. The summed E-state index contributed by atoms with van der Waals surface area (Å²) >= 11 is 1.86. The SMILES string of the molecule is C=C(/C=C\C=C/Nc1cccc(-c2ccccc2)c1)C1=C2C=C(C1)N(C1=C=CC=C1)c1c2ccc2sc3ccccc3c12. The van der Waals surface area contributed by atoms with Gasteiger partial charge in [0.05, 0.1) is 11.4 Å². The van der Waals surface area contributed by atoms with Gasteiger partial charge < -0.3 is 10.2 Å². The maximum Gasteiger partial charge on any atom is 0.0888 e. The lowest BCUT2D eigenvalue weighted by molar-refractivity contribution is 1.04. The second-order valence-electron chi connectivity index (χ2n) is 10.9. The molecule has 0 atom stereocenters. The first-order valence-electron chi connectivity index (χ1n) is 14.5. The van der Waals surface area contributed by atoms with Gasteiger partial charge in [-0.15, -0.1) is 11.3 Å². The monoisotopic (exact) mass is 568 g/mol. The van der Waals surface area contributed by atoms with Gasteiger partial charge in [0.1, 0.15) is 0 Å². The zero-order valence-corrected chi connectivity index (χ0v) is 24.4. The molecule has 0 spiro atoms. The highest BCUT2D eigenvalue weighted by Crippen LogP contribution is 2.53. The van der Waals surface area contributed by atoms with E-state index in [2.05, 4.69) is 138 Å². The zero-order chi connectivity index (χ0) is 28.8. The van der Waals surface area contributed by atoms with Crippen LogP contribution in [0.1, 0.15) is 12.0 Å². The standard InChI is InChI=1S/C40H28N2S/c1-27(12-9-10-23-41-30-16-11-15-29(24-30)28-13-3-2-4-14-28)35-25-32-26-36(35)33-21-22-38-39(34-19-7-8-20-37(34)43-38)40(33)42(32)31-17-5-6-18-31/h2-17,19-24,26,41H,1,25H2/b12-9-,23-10-. The lowest BCUT2D eigenvalue weighted by Gasteiger charge is -2.31. The van der Waals surface area contributed by atoms with Crippen LogP contribution < -0.4 is 10.2 Å². The van der Waals surface area contributed by atoms with Crippen molar-refractivity contribution in [2.45, 2.75) is 6.42 Å². The van der Waals surface area contributed by atoms with Crippen molar-refractivity contribution in [3.8, 4) is 11.1 Å². The number of hydrogen-bond acceptors (Lipinski definition) is 3. The second-order valence-corrected chi connectivity index (χ2v) is 11.9. The Hall–Kier alpha value is -5.34. The third kappa shape index (κ3) is 4.43. The fraction of sp³-hybridized carbons (Fsp3) is 0.0250. The molecule has 204 valence electrons. The van der Waals surface area contributed by atoms with E-state index in [1.54, 1.807) is 0 Å². The van der Waals surface area contributed by atoms with Crippen LogP contribution in [-0.2, 0) is 0 Å². The normalized spacial score (nSPS) is 15.3. The Bertz CT molecular complexity index is 2180. The third-order valence-electron chi connectivity index (χ3n) is 8.25. The molecule has 0 radical (unpaired) electrons. The third-order valence-corrected chi connectivity index (χ3v) is 9.38. The van der Waals surface area contributed by atoms with Crippen molar-refractivity contribution in [2.24, 2.45) is 0 Å². The van der Waals surface area contributed by atoms with E-state index < -0.39 is 0 Å². The van der Waals surface area contributed by atoms with Crippen LogP contribution in [0, 0.1) is 0 Å². The molecule has 0 saturated carbocycles. The molecule has 2 nitrogen and oxygen atoms in total. The summed E-state index contributed by atoms with van der Waals surface area (Å²) in [4.78, 5) is 2.41. The van der Waals surface area contributed by atoms with Gasteiger partial charge in [-0.3, -0.25) is 0 Å². The first kappa shape index (κ1) is 25.4. The predicted octanol–water partition coefficient (Wildman–Crippen LogP) is 10.9. The molecule has 0 unspecified atom stereocenters. The molecule has 2 bridgehead atoms. The minimum Gasteiger partial charge on any atom is -0.362 e. The van der Waals surface area contributed by atoms with Crippen molar-refractivity contribution in [1.82, 2.24) is 0 Å². The molecule has 43 heavy (non-hydrogen) atoms. The first-order chi connectivity index (χ1) is 21.2. The summed E-state index contributed by atoms with van der Waals surface area (Å²) in [5.41, 5.74) is 15.4. The van der Waals surface area contributed by atoms with Gasteiger partial charge in [0.15, 0.2) is 0 Å². The predicted molar refractivity (Wildman–Crippen MR) is 185 cm³/mol. The molecule has 1 N–H and O–H groups in total. The fourth-order valence-corrected chi connectivity index (χ4v) is 7.38. The van der Waals surface area contributed by atoms with E-state index in [-0.39, 0.29) is 0 Å². The van der Waals surface area contributed by atoms with E-state index in [4.69, 9.17) is 0 Å². The van der Waals surface area contributed by atoms with Crippen molar-refractivity contribution in [3.05, 3.63) is 180 Å². The van der Waals surface area contributed by atoms with Crippen LogP contribution in [0.2, 0.25) is 0 Å². The molecule has 0 saturated heterocycles. The number of benzene rings is 4. The van der Waals surface area contributed by atoms with Crippen molar-refractivity contribution in [3.63, 3.8) is 0 Å². The number of hydrogen-bond donors (Lipinski definition) is 1. The van der Waals surface area contributed by atoms with Gasteiger partial charge in [0.25, 0.3) is 0 Å². The molecule has 1 aromatic heterocycles. The quantitative estimate of drug-likeness (QED) is 0.155. The lowest BCUT2D eigenvalue weighted by Crippen LogP contribution is -2.22. The van der Waals surface area contributed by atoms with E-state index in [0.717, 1.165) is 23.4 Å². The van der Waals surface area contributed by atoms with E-state index >= 15 is 0 Å². The van der Waals surface area contributed by atoms with Gasteiger partial charge in [-0.05, 0) is 76.4 Å². The van der Waals surface area contributed by atoms with E-state index in [0.29, 0.717) is 0 Å². The smallest absolute Gasteiger partial charge is 0.0888 e. The highest BCUT2D eigenvalue weighted by Gasteiger charge is 2.34. The second kappa shape index (κ2) is 10.5.